The summed E-state index contributed by atoms with van der Waals surface area (Å²) in [7, 11) is -5.01. The lowest BCUT2D eigenvalue weighted by Crippen LogP contribution is -2.60. The molecule has 14 heteroatoms. The van der Waals surface area contributed by atoms with Crippen molar-refractivity contribution in [2.75, 3.05) is 11.4 Å². The first-order valence-electron chi connectivity index (χ1n) is 16.4. The van der Waals surface area contributed by atoms with Crippen molar-refractivity contribution in [3.63, 3.8) is 0 Å². The van der Waals surface area contributed by atoms with E-state index in [9.17, 15) is 27.6 Å². The maximum atomic E-state index is 15.8. The van der Waals surface area contributed by atoms with Gasteiger partial charge < -0.3 is 20.7 Å². The van der Waals surface area contributed by atoms with Gasteiger partial charge in [-0.3, -0.25) is 14.5 Å². The number of primary amides is 1. The number of benzene rings is 4. The highest BCUT2D eigenvalue weighted by atomic mass is 32.2. The number of halogens is 2. The number of carbonyl (C=O) groups excluding carboxylic acids is 4. The first kappa shape index (κ1) is 37.6. The van der Waals surface area contributed by atoms with E-state index in [-0.39, 0.29) is 35.9 Å². The Hall–Kier alpha value is -5.63. The van der Waals surface area contributed by atoms with Crippen LogP contribution in [0.25, 0.3) is 0 Å². The summed E-state index contributed by atoms with van der Waals surface area (Å²) >= 11 is 0. The van der Waals surface area contributed by atoms with Gasteiger partial charge in [-0.2, -0.15) is 0 Å². The topological polar surface area (TPSA) is 156 Å². The van der Waals surface area contributed by atoms with Crippen molar-refractivity contribution >= 4 is 39.3 Å². The van der Waals surface area contributed by atoms with E-state index < -0.39 is 73.6 Å². The van der Waals surface area contributed by atoms with E-state index >= 15 is 8.78 Å². The van der Waals surface area contributed by atoms with Crippen molar-refractivity contribution in [2.24, 2.45) is 11.7 Å². The van der Waals surface area contributed by atoms with Gasteiger partial charge >= 0.3 is 12.0 Å². The molecule has 4 aromatic carbocycles. The molecule has 1 fully saturated rings. The van der Waals surface area contributed by atoms with Gasteiger partial charge in [-0.15, -0.1) is 0 Å². The monoisotopic (exact) mass is 732 g/mol. The number of hydrogen-bond acceptors (Lipinski definition) is 7. The first-order chi connectivity index (χ1) is 24.7. The molecule has 4 amide bonds. The van der Waals surface area contributed by atoms with E-state index in [4.69, 9.17) is 10.5 Å². The average molecular weight is 733 g/mol. The number of ether oxygens (including phenoxy) is 1. The summed E-state index contributed by atoms with van der Waals surface area (Å²) in [6, 6.07) is 17.1. The third-order valence-corrected chi connectivity index (χ3v) is 10.9. The molecule has 4 atom stereocenters. The fourth-order valence-corrected chi connectivity index (χ4v) is 8.64. The van der Waals surface area contributed by atoms with Gasteiger partial charge in [0.25, 0.3) is 0 Å². The molecular weight excluding hydrogens is 695 g/mol. The van der Waals surface area contributed by atoms with Crippen LogP contribution in [0, 0.1) is 17.6 Å². The number of hydrogen-bond donors (Lipinski definition) is 2. The third-order valence-electron chi connectivity index (χ3n) is 8.72. The van der Waals surface area contributed by atoms with E-state index in [2.05, 4.69) is 5.32 Å². The van der Waals surface area contributed by atoms with Crippen LogP contribution in [0.2, 0.25) is 0 Å². The Morgan fingerprint density at radius 1 is 0.885 bits per heavy atom. The number of rotatable bonds is 11. The molecule has 5 rings (SSSR count). The number of nitrogens with two attached hydrogens (primary N) is 1. The number of likely N-dealkylation sites (tertiary alicyclic amines) is 1. The Kier molecular flexibility index (Phi) is 11.4. The largest absolute Gasteiger partial charge is 0.457 e. The Bertz CT molecular complexity index is 2080. The number of nitrogens with zero attached hydrogens (tertiary/aromatic N) is 2. The number of nitrogens with one attached hydrogen (secondary N) is 1. The van der Waals surface area contributed by atoms with Crippen LogP contribution < -0.4 is 16.0 Å². The number of urea groups is 1. The van der Waals surface area contributed by atoms with Crippen molar-refractivity contribution in [2.45, 2.75) is 55.6 Å². The summed E-state index contributed by atoms with van der Waals surface area (Å²) in [5.74, 6) is -4.66. The highest BCUT2D eigenvalue weighted by Gasteiger charge is 2.62. The molecule has 1 aliphatic rings. The van der Waals surface area contributed by atoms with Gasteiger partial charge in [0, 0.05) is 24.7 Å². The zero-order valence-electron chi connectivity index (χ0n) is 28.6. The molecule has 4 aromatic rings. The maximum absolute atomic E-state index is 15.8. The van der Waals surface area contributed by atoms with Crippen LogP contribution in [0.15, 0.2) is 108 Å². The smallest absolute Gasteiger partial charge is 0.338 e. The lowest BCUT2D eigenvalue weighted by atomic mass is 9.99. The molecule has 0 aliphatic carbocycles. The lowest BCUT2D eigenvalue weighted by Gasteiger charge is -2.35. The molecule has 52 heavy (non-hydrogen) atoms. The summed E-state index contributed by atoms with van der Waals surface area (Å²) in [5, 5.41) is 0.639. The van der Waals surface area contributed by atoms with Gasteiger partial charge in [0.15, 0.2) is 9.84 Å². The molecule has 0 spiro atoms. The SMILES string of the molecule is CC(=O)N1C(C(=O)NCC(C)C)C(N(C(N)=O)c2cccc(C(=O)OCc3ccccc3)c2)C(S(=O)(=O)c2ccccc2F)C1c1ccccc1F. The minimum atomic E-state index is -5.01. The number of esters is 1. The van der Waals surface area contributed by atoms with Crippen LogP contribution in [-0.4, -0.2) is 61.0 Å². The van der Waals surface area contributed by atoms with Crippen LogP contribution in [0.5, 0.6) is 0 Å². The van der Waals surface area contributed by atoms with Crippen LogP contribution in [-0.2, 0) is 30.8 Å². The van der Waals surface area contributed by atoms with E-state index in [1.807, 2.05) is 0 Å². The summed E-state index contributed by atoms with van der Waals surface area (Å²) in [6.07, 6.45) is 0. The number of carbonyl (C=O) groups is 4. The van der Waals surface area contributed by atoms with Gasteiger partial charge in [-0.1, -0.05) is 80.6 Å². The predicted octanol–water partition coefficient (Wildman–Crippen LogP) is 5.16. The van der Waals surface area contributed by atoms with Crippen molar-refractivity contribution in [3.8, 4) is 0 Å². The molecule has 3 N–H and O–H groups in total. The van der Waals surface area contributed by atoms with Gasteiger partial charge in [-0.05, 0) is 47.9 Å². The second kappa shape index (κ2) is 15.7. The van der Waals surface area contributed by atoms with E-state index in [1.165, 1.54) is 54.6 Å². The summed E-state index contributed by atoms with van der Waals surface area (Å²) in [6.45, 7) is 4.69. The van der Waals surface area contributed by atoms with Crippen LogP contribution >= 0.6 is 0 Å². The molecule has 1 heterocycles. The highest BCUT2D eigenvalue weighted by Crippen LogP contribution is 2.47. The molecule has 0 bridgehead atoms. The Balaban J connectivity index is 1.75. The van der Waals surface area contributed by atoms with E-state index in [1.54, 1.807) is 44.2 Å². The molecule has 11 nitrogen and oxygen atoms in total. The van der Waals surface area contributed by atoms with Gasteiger partial charge in [0.05, 0.1) is 17.6 Å². The van der Waals surface area contributed by atoms with Gasteiger partial charge in [0.1, 0.15) is 34.4 Å². The molecule has 0 saturated carbocycles. The third kappa shape index (κ3) is 7.66. The maximum Gasteiger partial charge on any atom is 0.338 e. The molecule has 0 radical (unpaired) electrons. The van der Waals surface area contributed by atoms with E-state index in [0.717, 1.165) is 34.9 Å². The van der Waals surface area contributed by atoms with Crippen LogP contribution in [0.3, 0.4) is 0 Å². The van der Waals surface area contributed by atoms with Crippen molar-refractivity contribution < 1.29 is 41.1 Å². The Morgan fingerprint density at radius 3 is 2.13 bits per heavy atom. The predicted molar refractivity (Wildman–Crippen MR) is 189 cm³/mol. The fourth-order valence-electron chi connectivity index (χ4n) is 6.49. The Morgan fingerprint density at radius 2 is 1.52 bits per heavy atom. The Labute approximate surface area is 300 Å². The van der Waals surface area contributed by atoms with Crippen molar-refractivity contribution in [1.29, 1.82) is 0 Å². The minimum Gasteiger partial charge on any atom is -0.457 e. The summed E-state index contributed by atoms with van der Waals surface area (Å²) in [5.41, 5.74) is 6.21. The standard InChI is InChI=1S/C38H38F2N4O7S/c1-23(2)21-42-36(46)34-33(44(38(41)48)27-15-11-14-26(20-27)37(47)51-22-25-12-5-4-6-13-25)35(52(49,50)31-19-10-9-18-30(31)40)32(43(34)24(3)45)28-16-7-8-17-29(28)39/h4-20,23,32-35H,21-22H2,1-3H3,(H2,41,48)(H,42,46). The fraction of sp³-hybridized carbons (Fsp3) is 0.263. The van der Waals surface area contributed by atoms with Crippen LogP contribution in [0.1, 0.15) is 48.3 Å². The molecule has 0 aromatic heterocycles. The zero-order chi connectivity index (χ0) is 37.7. The van der Waals surface area contributed by atoms with E-state index in [0.29, 0.717) is 5.56 Å². The number of anilines is 1. The van der Waals surface area contributed by atoms with Crippen molar-refractivity contribution in [3.05, 3.63) is 131 Å². The molecule has 1 aliphatic heterocycles. The van der Waals surface area contributed by atoms with Crippen molar-refractivity contribution in [1.82, 2.24) is 10.2 Å². The quantitative estimate of drug-likeness (QED) is 0.202. The lowest BCUT2D eigenvalue weighted by molar-refractivity contribution is -0.139. The normalized spacial score (nSPS) is 18.5. The number of sulfone groups is 1. The minimum absolute atomic E-state index is 0.0546. The second-order valence-corrected chi connectivity index (χ2v) is 14.8. The van der Waals surface area contributed by atoms with Gasteiger partial charge in [-0.25, -0.2) is 26.8 Å². The average Bonchev–Trinajstić information content (AvgIpc) is 3.47. The first-order valence-corrected chi connectivity index (χ1v) is 18.0. The van der Waals surface area contributed by atoms with Gasteiger partial charge in [0.2, 0.25) is 11.8 Å². The molecule has 272 valence electrons. The summed E-state index contributed by atoms with van der Waals surface area (Å²) < 4.78 is 66.4. The second-order valence-electron chi connectivity index (χ2n) is 12.7. The summed E-state index contributed by atoms with van der Waals surface area (Å²) in [4.78, 5) is 55.6. The molecular formula is C38H38F2N4O7S. The molecule has 1 saturated heterocycles. The highest BCUT2D eigenvalue weighted by molar-refractivity contribution is 7.92. The van der Waals surface area contributed by atoms with Crippen LogP contribution in [0.4, 0.5) is 19.3 Å². The number of amides is 4. The molecule has 4 unspecified atom stereocenters. The zero-order valence-corrected chi connectivity index (χ0v) is 29.4.